The molecule has 7 heteroatoms. The first kappa shape index (κ1) is 17.8. The zero-order valence-corrected chi connectivity index (χ0v) is 15.0. The van der Waals surface area contributed by atoms with Gasteiger partial charge in [-0.05, 0) is 49.7 Å². The SMILES string of the molecule is Cc1cc(Sc2sc(-c3ccc(C(F)(F)F)cc3)nc2C)ccc1[O]. The van der Waals surface area contributed by atoms with E-state index in [2.05, 4.69) is 4.98 Å². The minimum absolute atomic E-state index is 0.00387. The zero-order chi connectivity index (χ0) is 18.2. The van der Waals surface area contributed by atoms with Crippen molar-refractivity contribution in [3.8, 4) is 16.3 Å². The van der Waals surface area contributed by atoms with Crippen molar-refractivity contribution in [1.82, 2.24) is 4.98 Å². The van der Waals surface area contributed by atoms with Gasteiger partial charge in [0.05, 0.1) is 15.5 Å². The summed E-state index contributed by atoms with van der Waals surface area (Å²) < 4.78 is 38.9. The normalized spacial score (nSPS) is 11.7. The molecule has 1 radical (unpaired) electrons. The number of hydrogen-bond donors (Lipinski definition) is 0. The maximum atomic E-state index is 12.7. The van der Waals surface area contributed by atoms with Crippen molar-refractivity contribution < 1.29 is 18.3 Å². The molecular weight excluding hydrogens is 367 g/mol. The highest BCUT2D eigenvalue weighted by Gasteiger charge is 2.30. The minimum atomic E-state index is -4.34. The van der Waals surface area contributed by atoms with Gasteiger partial charge in [-0.2, -0.15) is 13.2 Å². The second-order valence-corrected chi connectivity index (χ2v) is 7.84. The summed E-state index contributed by atoms with van der Waals surface area (Å²) in [7, 11) is 0. The molecule has 0 aliphatic rings. The molecule has 129 valence electrons. The Hall–Kier alpha value is -1.99. The van der Waals surface area contributed by atoms with E-state index in [-0.39, 0.29) is 5.75 Å². The lowest BCUT2D eigenvalue weighted by Gasteiger charge is -2.06. The van der Waals surface area contributed by atoms with Gasteiger partial charge in [0.15, 0.2) is 5.75 Å². The van der Waals surface area contributed by atoms with Gasteiger partial charge in [-0.3, -0.25) is 5.11 Å². The summed E-state index contributed by atoms with van der Waals surface area (Å²) in [5.41, 5.74) is 1.47. The Kier molecular flexibility index (Phi) is 4.79. The van der Waals surface area contributed by atoms with E-state index in [0.29, 0.717) is 16.1 Å². The van der Waals surface area contributed by atoms with Crippen molar-refractivity contribution in [2.24, 2.45) is 0 Å². The van der Waals surface area contributed by atoms with E-state index in [9.17, 15) is 18.3 Å². The topological polar surface area (TPSA) is 32.8 Å². The number of thiazole rings is 1. The molecule has 0 spiro atoms. The molecule has 25 heavy (non-hydrogen) atoms. The molecule has 0 fully saturated rings. The molecular formula is C18H13F3NOS2. The van der Waals surface area contributed by atoms with Crippen LogP contribution in [0, 0.1) is 13.8 Å². The summed E-state index contributed by atoms with van der Waals surface area (Å²) in [5.74, 6) is -0.00387. The average molecular weight is 380 g/mol. The van der Waals surface area contributed by atoms with Crippen LogP contribution in [0.3, 0.4) is 0 Å². The maximum absolute atomic E-state index is 12.7. The first-order valence-corrected chi connectivity index (χ1v) is 8.98. The number of aromatic nitrogens is 1. The van der Waals surface area contributed by atoms with Crippen molar-refractivity contribution in [2.45, 2.75) is 29.1 Å². The molecule has 0 saturated carbocycles. The Labute approximate surface area is 151 Å². The molecule has 0 unspecified atom stereocenters. The Morgan fingerprint density at radius 1 is 1.04 bits per heavy atom. The van der Waals surface area contributed by atoms with Gasteiger partial charge in [-0.1, -0.05) is 23.9 Å². The van der Waals surface area contributed by atoms with Gasteiger partial charge in [-0.25, -0.2) is 4.98 Å². The summed E-state index contributed by atoms with van der Waals surface area (Å²) in [5, 5.41) is 12.2. The summed E-state index contributed by atoms with van der Waals surface area (Å²) >= 11 is 2.92. The molecule has 3 rings (SSSR count). The smallest absolute Gasteiger partial charge is 0.290 e. The molecule has 3 aromatic rings. The molecule has 0 aliphatic heterocycles. The Bertz CT molecular complexity index is 902. The van der Waals surface area contributed by atoms with Crippen LogP contribution < -0.4 is 0 Å². The van der Waals surface area contributed by atoms with E-state index in [4.69, 9.17) is 0 Å². The number of benzene rings is 2. The van der Waals surface area contributed by atoms with Crippen molar-refractivity contribution in [3.63, 3.8) is 0 Å². The van der Waals surface area contributed by atoms with Crippen LogP contribution in [-0.2, 0) is 11.3 Å². The van der Waals surface area contributed by atoms with Gasteiger partial charge < -0.3 is 0 Å². The number of alkyl halides is 3. The number of hydrogen-bond acceptors (Lipinski definition) is 3. The van der Waals surface area contributed by atoms with Crippen LogP contribution in [0.4, 0.5) is 13.2 Å². The van der Waals surface area contributed by atoms with Gasteiger partial charge in [0.2, 0.25) is 0 Å². The maximum Gasteiger partial charge on any atom is 0.416 e. The van der Waals surface area contributed by atoms with Crippen LogP contribution in [0.1, 0.15) is 16.8 Å². The van der Waals surface area contributed by atoms with Gasteiger partial charge in [0.1, 0.15) is 5.01 Å². The number of rotatable bonds is 3. The van der Waals surface area contributed by atoms with E-state index >= 15 is 0 Å². The fourth-order valence-corrected chi connectivity index (χ4v) is 4.47. The quantitative estimate of drug-likeness (QED) is 0.504. The largest absolute Gasteiger partial charge is 0.416 e. The third-order valence-electron chi connectivity index (χ3n) is 3.57. The van der Waals surface area contributed by atoms with Gasteiger partial charge in [-0.15, -0.1) is 11.3 Å². The zero-order valence-electron chi connectivity index (χ0n) is 13.3. The average Bonchev–Trinajstić information content (AvgIpc) is 2.91. The molecule has 0 bridgehead atoms. The van der Waals surface area contributed by atoms with E-state index in [0.717, 1.165) is 26.9 Å². The molecule has 0 aliphatic carbocycles. The Balaban J connectivity index is 1.85. The molecule has 0 atom stereocenters. The lowest BCUT2D eigenvalue weighted by Crippen LogP contribution is -2.03. The standard InChI is InChI=1S/C18H13F3NOS2/c1-10-9-14(7-8-15(10)23)24-17-11(2)22-16(25-17)12-3-5-13(6-4-12)18(19,20)21/h3-9H,1-2H3. The van der Waals surface area contributed by atoms with Gasteiger partial charge in [0.25, 0.3) is 0 Å². The van der Waals surface area contributed by atoms with E-state index in [1.165, 1.54) is 41.3 Å². The highest BCUT2D eigenvalue weighted by atomic mass is 32.2. The second-order valence-electron chi connectivity index (χ2n) is 5.50. The summed E-state index contributed by atoms with van der Waals surface area (Å²) in [6.45, 7) is 3.63. The molecule has 0 saturated heterocycles. The molecule has 1 heterocycles. The molecule has 1 aromatic heterocycles. The fraction of sp³-hybridized carbons (Fsp3) is 0.167. The highest BCUT2D eigenvalue weighted by molar-refractivity contribution is 8.01. The fourth-order valence-electron chi connectivity index (χ4n) is 2.19. The second kappa shape index (κ2) is 6.72. The van der Waals surface area contributed by atoms with Gasteiger partial charge >= 0.3 is 6.18 Å². The van der Waals surface area contributed by atoms with Crippen LogP contribution in [0.2, 0.25) is 0 Å². The van der Waals surface area contributed by atoms with E-state index in [1.807, 2.05) is 13.0 Å². The lowest BCUT2D eigenvalue weighted by molar-refractivity contribution is -0.137. The summed E-state index contributed by atoms with van der Waals surface area (Å²) in [6.07, 6.45) is -4.34. The van der Waals surface area contributed by atoms with Crippen LogP contribution in [0.5, 0.6) is 5.75 Å². The number of nitrogens with zero attached hydrogens (tertiary/aromatic N) is 1. The van der Waals surface area contributed by atoms with Crippen LogP contribution in [0.25, 0.3) is 10.6 Å². The van der Waals surface area contributed by atoms with Crippen molar-refractivity contribution in [1.29, 1.82) is 0 Å². The van der Waals surface area contributed by atoms with Crippen LogP contribution in [-0.4, -0.2) is 4.98 Å². The van der Waals surface area contributed by atoms with Crippen molar-refractivity contribution in [2.75, 3.05) is 0 Å². The van der Waals surface area contributed by atoms with Crippen LogP contribution >= 0.6 is 23.1 Å². The van der Waals surface area contributed by atoms with Crippen LogP contribution in [0.15, 0.2) is 51.6 Å². The molecule has 2 aromatic carbocycles. The molecule has 2 nitrogen and oxygen atoms in total. The lowest BCUT2D eigenvalue weighted by atomic mass is 10.1. The Morgan fingerprint density at radius 2 is 1.72 bits per heavy atom. The summed E-state index contributed by atoms with van der Waals surface area (Å²) in [4.78, 5) is 5.40. The Morgan fingerprint density at radius 3 is 2.32 bits per heavy atom. The first-order chi connectivity index (χ1) is 11.7. The van der Waals surface area contributed by atoms with Crippen molar-refractivity contribution >= 4 is 23.1 Å². The predicted molar refractivity (Wildman–Crippen MR) is 92.7 cm³/mol. The number of aryl methyl sites for hydroxylation is 2. The van der Waals surface area contributed by atoms with Gasteiger partial charge in [0, 0.05) is 10.5 Å². The van der Waals surface area contributed by atoms with E-state index < -0.39 is 11.7 Å². The summed E-state index contributed by atoms with van der Waals surface area (Å²) in [6, 6.07) is 10.1. The molecule has 0 amide bonds. The predicted octanol–water partition coefficient (Wildman–Crippen LogP) is 6.74. The van der Waals surface area contributed by atoms with E-state index in [1.54, 1.807) is 13.0 Å². The first-order valence-electron chi connectivity index (χ1n) is 7.34. The third kappa shape index (κ3) is 3.99. The highest BCUT2D eigenvalue weighted by Crippen LogP contribution is 2.40. The minimum Gasteiger partial charge on any atom is -0.290 e. The van der Waals surface area contributed by atoms with Crippen molar-refractivity contribution in [3.05, 3.63) is 59.3 Å². The third-order valence-corrected chi connectivity index (χ3v) is 6.04. The molecule has 0 N–H and O–H groups in total. The monoisotopic (exact) mass is 380 g/mol. The number of halogens is 3.